The second-order valence-corrected chi connectivity index (χ2v) is 5.64. The molecule has 60 valence electrons. The van der Waals surface area contributed by atoms with E-state index in [9.17, 15) is 8.42 Å². The summed E-state index contributed by atoms with van der Waals surface area (Å²) < 4.78 is 21.9. The Kier molecular flexibility index (Phi) is 2.25. The van der Waals surface area contributed by atoms with Crippen LogP contribution in [0.15, 0.2) is 0 Å². The number of hydrogen-bond acceptors (Lipinski definition) is 2. The first-order valence-corrected chi connectivity index (χ1v) is 5.74. The average molecular weight is 183 g/mol. The molecule has 0 heterocycles. The minimum Gasteiger partial charge on any atom is -0.229 e. The number of alkyl halides is 1. The van der Waals surface area contributed by atoms with Crippen LogP contribution in [0.3, 0.4) is 0 Å². The van der Waals surface area contributed by atoms with Crippen LogP contribution < -0.4 is 0 Å². The van der Waals surface area contributed by atoms with Gasteiger partial charge in [0.2, 0.25) is 0 Å². The lowest BCUT2D eigenvalue weighted by Gasteiger charge is -2.09. The molecule has 1 aliphatic carbocycles. The molecule has 0 amide bonds. The summed E-state index contributed by atoms with van der Waals surface area (Å²) in [6.45, 7) is 0. The zero-order valence-corrected chi connectivity index (χ0v) is 7.45. The molecule has 0 aromatic heterocycles. The monoisotopic (exact) mass is 182 g/mol. The van der Waals surface area contributed by atoms with Gasteiger partial charge in [0.25, 0.3) is 0 Å². The molecule has 4 heteroatoms. The molecule has 0 aromatic carbocycles. The van der Waals surface area contributed by atoms with Gasteiger partial charge in [-0.25, -0.2) is 8.42 Å². The highest BCUT2D eigenvalue weighted by Gasteiger charge is 2.32. The highest BCUT2D eigenvalue weighted by Crippen LogP contribution is 2.28. The van der Waals surface area contributed by atoms with Gasteiger partial charge in [-0.15, -0.1) is 11.6 Å². The maximum atomic E-state index is 11.0. The Morgan fingerprint density at radius 1 is 1.40 bits per heavy atom. The first-order valence-electron chi connectivity index (χ1n) is 3.35. The smallest absolute Gasteiger partial charge is 0.151 e. The molecular formula is C6H11ClO2S. The van der Waals surface area contributed by atoms with Crippen molar-refractivity contribution in [2.75, 3.05) is 6.26 Å². The topological polar surface area (TPSA) is 34.1 Å². The lowest BCUT2D eigenvalue weighted by atomic mass is 10.4. The molecule has 1 rings (SSSR count). The van der Waals surface area contributed by atoms with Gasteiger partial charge in [-0.1, -0.05) is 6.42 Å². The minimum absolute atomic E-state index is 0.144. The largest absolute Gasteiger partial charge is 0.229 e. The van der Waals surface area contributed by atoms with E-state index in [4.69, 9.17) is 11.6 Å². The molecule has 2 unspecified atom stereocenters. The summed E-state index contributed by atoms with van der Waals surface area (Å²) in [5.41, 5.74) is 0. The van der Waals surface area contributed by atoms with E-state index in [-0.39, 0.29) is 10.6 Å². The summed E-state index contributed by atoms with van der Waals surface area (Å²) in [5, 5.41) is -0.427. The summed E-state index contributed by atoms with van der Waals surface area (Å²) in [6, 6.07) is 0. The zero-order valence-electron chi connectivity index (χ0n) is 5.88. The van der Waals surface area contributed by atoms with Crippen LogP contribution in [0.1, 0.15) is 19.3 Å². The maximum absolute atomic E-state index is 11.0. The van der Waals surface area contributed by atoms with Gasteiger partial charge in [-0.3, -0.25) is 0 Å². The van der Waals surface area contributed by atoms with Crippen LogP contribution in [0.25, 0.3) is 0 Å². The Hall–Kier alpha value is 0.240. The second kappa shape index (κ2) is 2.70. The molecule has 0 spiro atoms. The van der Waals surface area contributed by atoms with Crippen molar-refractivity contribution in [2.45, 2.75) is 29.9 Å². The molecule has 2 nitrogen and oxygen atoms in total. The van der Waals surface area contributed by atoms with Gasteiger partial charge in [0.05, 0.1) is 10.6 Å². The Balaban J connectivity index is 2.74. The normalized spacial score (nSPS) is 34.6. The quantitative estimate of drug-likeness (QED) is 0.571. The van der Waals surface area contributed by atoms with Gasteiger partial charge in [0.1, 0.15) is 0 Å². The van der Waals surface area contributed by atoms with Gasteiger partial charge >= 0.3 is 0 Å². The fraction of sp³-hybridized carbons (Fsp3) is 1.00. The molecule has 2 atom stereocenters. The van der Waals surface area contributed by atoms with E-state index in [1.165, 1.54) is 6.26 Å². The first-order chi connectivity index (χ1) is 4.52. The minimum atomic E-state index is -2.88. The lowest BCUT2D eigenvalue weighted by molar-refractivity contribution is 0.586. The Labute approximate surface area is 66.5 Å². The van der Waals surface area contributed by atoms with Crippen LogP contribution in [-0.2, 0) is 9.84 Å². The van der Waals surface area contributed by atoms with E-state index in [0.717, 1.165) is 19.3 Å². The SMILES string of the molecule is CS(=O)(=O)C1CCCC1Cl. The van der Waals surface area contributed by atoms with Gasteiger partial charge < -0.3 is 0 Å². The third kappa shape index (κ3) is 1.64. The molecule has 1 fully saturated rings. The van der Waals surface area contributed by atoms with Crippen molar-refractivity contribution >= 4 is 21.4 Å². The van der Waals surface area contributed by atoms with Gasteiger partial charge in [0.15, 0.2) is 9.84 Å². The van der Waals surface area contributed by atoms with Gasteiger partial charge in [-0.2, -0.15) is 0 Å². The van der Waals surface area contributed by atoms with Crippen molar-refractivity contribution in [3.8, 4) is 0 Å². The van der Waals surface area contributed by atoms with Crippen molar-refractivity contribution in [2.24, 2.45) is 0 Å². The zero-order chi connectivity index (χ0) is 7.78. The number of halogens is 1. The average Bonchev–Trinajstić information content (AvgIpc) is 2.11. The molecule has 10 heavy (non-hydrogen) atoms. The molecular weight excluding hydrogens is 172 g/mol. The van der Waals surface area contributed by atoms with Crippen molar-refractivity contribution in [1.29, 1.82) is 0 Å². The highest BCUT2D eigenvalue weighted by atomic mass is 35.5. The standard InChI is InChI=1S/C6H11ClO2S/c1-10(8,9)6-4-2-3-5(6)7/h5-6H,2-4H2,1H3. The first kappa shape index (κ1) is 8.34. The molecule has 0 radical (unpaired) electrons. The fourth-order valence-electron chi connectivity index (χ4n) is 1.36. The van der Waals surface area contributed by atoms with Crippen molar-refractivity contribution in [1.82, 2.24) is 0 Å². The number of hydrogen-bond donors (Lipinski definition) is 0. The van der Waals surface area contributed by atoms with Crippen LogP contribution in [0, 0.1) is 0 Å². The Morgan fingerprint density at radius 3 is 2.20 bits per heavy atom. The summed E-state index contributed by atoms with van der Waals surface area (Å²) in [7, 11) is -2.88. The summed E-state index contributed by atoms with van der Waals surface area (Å²) in [4.78, 5) is 0. The van der Waals surface area contributed by atoms with E-state index < -0.39 is 9.84 Å². The molecule has 0 aliphatic heterocycles. The van der Waals surface area contributed by atoms with E-state index in [2.05, 4.69) is 0 Å². The Morgan fingerprint density at radius 2 is 2.00 bits per heavy atom. The molecule has 0 aromatic rings. The van der Waals surface area contributed by atoms with Crippen LogP contribution in [-0.4, -0.2) is 25.3 Å². The van der Waals surface area contributed by atoms with Crippen LogP contribution in [0.5, 0.6) is 0 Å². The predicted octanol–water partition coefficient (Wildman–Crippen LogP) is 1.19. The number of sulfone groups is 1. The molecule has 1 saturated carbocycles. The predicted molar refractivity (Wildman–Crippen MR) is 42.1 cm³/mol. The molecule has 1 aliphatic rings. The number of rotatable bonds is 1. The van der Waals surface area contributed by atoms with E-state index in [0.29, 0.717) is 0 Å². The summed E-state index contributed by atoms with van der Waals surface area (Å²) >= 11 is 5.78. The van der Waals surface area contributed by atoms with E-state index in [1.807, 2.05) is 0 Å². The van der Waals surface area contributed by atoms with Gasteiger partial charge in [0, 0.05) is 6.26 Å². The second-order valence-electron chi connectivity index (χ2n) is 2.81. The third-order valence-corrected chi connectivity index (χ3v) is 4.26. The summed E-state index contributed by atoms with van der Waals surface area (Å²) in [5.74, 6) is 0. The lowest BCUT2D eigenvalue weighted by Crippen LogP contribution is -2.24. The van der Waals surface area contributed by atoms with E-state index >= 15 is 0 Å². The third-order valence-electron chi connectivity index (χ3n) is 1.92. The molecule has 0 N–H and O–H groups in total. The van der Waals surface area contributed by atoms with Crippen LogP contribution in [0.4, 0.5) is 0 Å². The Bertz CT molecular complexity index is 210. The summed E-state index contributed by atoms with van der Waals surface area (Å²) in [6.07, 6.45) is 3.80. The maximum Gasteiger partial charge on any atom is 0.151 e. The van der Waals surface area contributed by atoms with Crippen LogP contribution >= 0.6 is 11.6 Å². The van der Waals surface area contributed by atoms with E-state index in [1.54, 1.807) is 0 Å². The fourth-order valence-corrected chi connectivity index (χ4v) is 3.47. The highest BCUT2D eigenvalue weighted by molar-refractivity contribution is 7.91. The van der Waals surface area contributed by atoms with Crippen molar-refractivity contribution in [3.63, 3.8) is 0 Å². The van der Waals surface area contributed by atoms with Crippen LogP contribution in [0.2, 0.25) is 0 Å². The van der Waals surface area contributed by atoms with Gasteiger partial charge in [-0.05, 0) is 12.8 Å². The van der Waals surface area contributed by atoms with Crippen molar-refractivity contribution < 1.29 is 8.42 Å². The molecule has 0 saturated heterocycles. The molecule has 0 bridgehead atoms. The van der Waals surface area contributed by atoms with Crippen molar-refractivity contribution in [3.05, 3.63) is 0 Å².